The maximum atomic E-state index is 11.3. The quantitative estimate of drug-likeness (QED) is 0.867. The largest absolute Gasteiger partial charge is 0.480 e. The van der Waals surface area contributed by atoms with E-state index in [1.54, 1.807) is 6.07 Å². The van der Waals surface area contributed by atoms with Crippen LogP contribution in [-0.2, 0) is 4.79 Å². The Morgan fingerprint density at radius 3 is 2.89 bits per heavy atom. The van der Waals surface area contributed by atoms with Crippen LogP contribution in [0.3, 0.4) is 0 Å². The van der Waals surface area contributed by atoms with Crippen molar-refractivity contribution in [3.8, 4) is 6.07 Å². The van der Waals surface area contributed by atoms with Crippen LogP contribution in [-0.4, -0.2) is 23.7 Å². The van der Waals surface area contributed by atoms with E-state index in [2.05, 4.69) is 6.07 Å². The van der Waals surface area contributed by atoms with Crippen molar-refractivity contribution < 1.29 is 9.90 Å². The lowest BCUT2D eigenvalue weighted by atomic mass is 10.00. The highest BCUT2D eigenvalue weighted by Crippen LogP contribution is 2.26. The van der Waals surface area contributed by atoms with Crippen LogP contribution < -0.4 is 4.90 Å². The molecule has 1 aliphatic rings. The number of aliphatic carboxylic acids is 1. The third-order valence-corrected chi connectivity index (χ3v) is 3.45. The van der Waals surface area contributed by atoms with Crippen molar-refractivity contribution in [2.45, 2.75) is 32.2 Å². The van der Waals surface area contributed by atoms with E-state index in [0.717, 1.165) is 30.6 Å². The zero-order chi connectivity index (χ0) is 13.1. The minimum atomic E-state index is -0.767. The van der Waals surface area contributed by atoms with Gasteiger partial charge in [0.15, 0.2) is 0 Å². The van der Waals surface area contributed by atoms with E-state index in [4.69, 9.17) is 5.26 Å². The molecule has 0 radical (unpaired) electrons. The van der Waals surface area contributed by atoms with Crippen LogP contribution in [0.25, 0.3) is 0 Å². The average Bonchev–Trinajstić information content (AvgIpc) is 2.38. The number of carboxylic acid groups (broad SMARTS) is 1. The lowest BCUT2D eigenvalue weighted by Gasteiger charge is -2.35. The number of aryl methyl sites for hydroxylation is 1. The molecule has 0 spiro atoms. The normalized spacial score (nSPS) is 19.3. The molecule has 94 valence electrons. The highest BCUT2D eigenvalue weighted by molar-refractivity contribution is 5.78. The van der Waals surface area contributed by atoms with Crippen molar-refractivity contribution >= 4 is 11.7 Å². The molecule has 1 fully saturated rings. The van der Waals surface area contributed by atoms with Gasteiger partial charge in [0.1, 0.15) is 6.04 Å². The topological polar surface area (TPSA) is 64.3 Å². The predicted molar refractivity (Wildman–Crippen MR) is 68.5 cm³/mol. The second-order valence-electron chi connectivity index (χ2n) is 4.65. The second-order valence-corrected chi connectivity index (χ2v) is 4.65. The van der Waals surface area contributed by atoms with Gasteiger partial charge < -0.3 is 10.0 Å². The Morgan fingerprint density at radius 2 is 2.28 bits per heavy atom. The number of nitrogens with zero attached hydrogens (tertiary/aromatic N) is 2. The van der Waals surface area contributed by atoms with Gasteiger partial charge in [0, 0.05) is 12.2 Å². The molecule has 0 aliphatic carbocycles. The molecule has 0 amide bonds. The van der Waals surface area contributed by atoms with E-state index in [9.17, 15) is 9.90 Å². The van der Waals surface area contributed by atoms with Crippen LogP contribution in [0, 0.1) is 18.3 Å². The van der Waals surface area contributed by atoms with Gasteiger partial charge in [0.05, 0.1) is 11.6 Å². The standard InChI is InChI=1S/C14H16N2O2/c1-10-8-12(6-5-11(10)9-15)16-7-3-2-4-13(16)14(17)18/h5-6,8,13H,2-4,7H2,1H3,(H,17,18). The zero-order valence-electron chi connectivity index (χ0n) is 10.4. The van der Waals surface area contributed by atoms with Crippen LogP contribution in [0.15, 0.2) is 18.2 Å². The van der Waals surface area contributed by atoms with Crippen molar-refractivity contribution in [3.63, 3.8) is 0 Å². The van der Waals surface area contributed by atoms with Gasteiger partial charge in [0.25, 0.3) is 0 Å². The summed E-state index contributed by atoms with van der Waals surface area (Å²) < 4.78 is 0. The number of carboxylic acids is 1. The summed E-state index contributed by atoms with van der Waals surface area (Å²) in [7, 11) is 0. The number of anilines is 1. The number of rotatable bonds is 2. The first-order chi connectivity index (χ1) is 8.63. The molecule has 1 heterocycles. The predicted octanol–water partition coefficient (Wildman–Crippen LogP) is 2.31. The minimum absolute atomic E-state index is 0.439. The first-order valence-electron chi connectivity index (χ1n) is 6.13. The van der Waals surface area contributed by atoms with Crippen molar-refractivity contribution in [1.82, 2.24) is 0 Å². The fourth-order valence-electron chi connectivity index (χ4n) is 2.45. The zero-order valence-corrected chi connectivity index (χ0v) is 10.4. The van der Waals surface area contributed by atoms with Gasteiger partial charge in [-0.15, -0.1) is 0 Å². The van der Waals surface area contributed by atoms with E-state index < -0.39 is 12.0 Å². The molecule has 1 aliphatic heterocycles. The van der Waals surface area contributed by atoms with E-state index in [0.29, 0.717) is 12.0 Å². The molecule has 1 saturated heterocycles. The highest BCUT2D eigenvalue weighted by atomic mass is 16.4. The Labute approximate surface area is 106 Å². The summed E-state index contributed by atoms with van der Waals surface area (Å²) in [6, 6.07) is 7.19. The molecule has 1 aromatic carbocycles. The van der Waals surface area contributed by atoms with E-state index >= 15 is 0 Å². The Morgan fingerprint density at radius 1 is 1.50 bits per heavy atom. The Kier molecular flexibility index (Phi) is 3.52. The minimum Gasteiger partial charge on any atom is -0.480 e. The maximum absolute atomic E-state index is 11.3. The average molecular weight is 244 g/mol. The monoisotopic (exact) mass is 244 g/mol. The molecule has 0 bridgehead atoms. The molecule has 1 aromatic rings. The molecule has 2 rings (SSSR count). The molecule has 1 N–H and O–H groups in total. The first kappa shape index (κ1) is 12.4. The Balaban J connectivity index is 2.32. The van der Waals surface area contributed by atoms with Crippen molar-refractivity contribution in [2.75, 3.05) is 11.4 Å². The summed E-state index contributed by atoms with van der Waals surface area (Å²) in [5.41, 5.74) is 2.44. The van der Waals surface area contributed by atoms with E-state index in [-0.39, 0.29) is 0 Å². The van der Waals surface area contributed by atoms with Gasteiger partial charge in [-0.3, -0.25) is 0 Å². The SMILES string of the molecule is Cc1cc(N2CCCCC2C(=O)O)ccc1C#N. The molecule has 0 saturated carbocycles. The number of piperidine rings is 1. The van der Waals surface area contributed by atoms with Crippen molar-refractivity contribution in [3.05, 3.63) is 29.3 Å². The molecule has 0 aromatic heterocycles. The van der Waals surface area contributed by atoms with Crippen LogP contribution in [0.1, 0.15) is 30.4 Å². The van der Waals surface area contributed by atoms with Crippen LogP contribution in [0.5, 0.6) is 0 Å². The van der Waals surface area contributed by atoms with Crippen LogP contribution in [0.2, 0.25) is 0 Å². The lowest BCUT2D eigenvalue weighted by Crippen LogP contribution is -2.44. The molecule has 1 unspecified atom stereocenters. The maximum Gasteiger partial charge on any atom is 0.326 e. The number of benzene rings is 1. The van der Waals surface area contributed by atoms with Gasteiger partial charge in [-0.05, 0) is 49.9 Å². The van der Waals surface area contributed by atoms with Crippen LogP contribution >= 0.6 is 0 Å². The first-order valence-corrected chi connectivity index (χ1v) is 6.13. The molecule has 18 heavy (non-hydrogen) atoms. The third-order valence-electron chi connectivity index (χ3n) is 3.45. The summed E-state index contributed by atoms with van der Waals surface area (Å²) in [5, 5.41) is 18.1. The van der Waals surface area contributed by atoms with Crippen LogP contribution in [0.4, 0.5) is 5.69 Å². The summed E-state index contributed by atoms with van der Waals surface area (Å²) in [4.78, 5) is 13.2. The summed E-state index contributed by atoms with van der Waals surface area (Å²) in [6.45, 7) is 2.64. The Hall–Kier alpha value is -2.02. The van der Waals surface area contributed by atoms with Gasteiger partial charge in [0.2, 0.25) is 0 Å². The summed E-state index contributed by atoms with van der Waals surface area (Å²) >= 11 is 0. The third kappa shape index (κ3) is 2.30. The van der Waals surface area contributed by atoms with E-state index in [1.807, 2.05) is 24.0 Å². The van der Waals surface area contributed by atoms with Gasteiger partial charge in [-0.25, -0.2) is 4.79 Å². The molecular weight excluding hydrogens is 228 g/mol. The Bertz CT molecular complexity index is 505. The van der Waals surface area contributed by atoms with Gasteiger partial charge in [-0.2, -0.15) is 5.26 Å². The number of carbonyl (C=O) groups is 1. The fourth-order valence-corrected chi connectivity index (χ4v) is 2.45. The summed E-state index contributed by atoms with van der Waals surface area (Å²) in [5.74, 6) is -0.767. The highest BCUT2D eigenvalue weighted by Gasteiger charge is 2.28. The molecule has 4 heteroatoms. The summed E-state index contributed by atoms with van der Waals surface area (Å²) in [6.07, 6.45) is 2.67. The lowest BCUT2D eigenvalue weighted by molar-refractivity contribution is -0.139. The van der Waals surface area contributed by atoms with Crippen molar-refractivity contribution in [2.24, 2.45) is 0 Å². The van der Waals surface area contributed by atoms with E-state index in [1.165, 1.54) is 0 Å². The second kappa shape index (κ2) is 5.09. The van der Waals surface area contributed by atoms with Gasteiger partial charge in [-0.1, -0.05) is 0 Å². The van der Waals surface area contributed by atoms with Crippen molar-refractivity contribution in [1.29, 1.82) is 5.26 Å². The smallest absolute Gasteiger partial charge is 0.326 e. The number of hydrogen-bond acceptors (Lipinski definition) is 3. The molecule has 4 nitrogen and oxygen atoms in total. The number of nitriles is 1. The fraction of sp³-hybridized carbons (Fsp3) is 0.429. The number of hydrogen-bond donors (Lipinski definition) is 1. The molecule has 1 atom stereocenters. The molecular formula is C14H16N2O2. The van der Waals surface area contributed by atoms with Gasteiger partial charge >= 0.3 is 5.97 Å².